The molecule has 0 bridgehead atoms. The van der Waals surface area contributed by atoms with Crippen LogP contribution in [0, 0.1) is 29.6 Å². The van der Waals surface area contributed by atoms with E-state index in [1.165, 1.54) is 7.11 Å². The first kappa shape index (κ1) is 42.4. The number of ether oxygens (including phenoxy) is 7. The molecule has 14 heteroatoms. The molecular formula is C35H62ClNO12. The van der Waals surface area contributed by atoms with E-state index in [9.17, 15) is 24.9 Å². The average molecular weight is 724 g/mol. The topological polar surface area (TPSA) is 166 Å². The van der Waals surface area contributed by atoms with Crippen molar-refractivity contribution in [2.24, 2.45) is 29.6 Å². The van der Waals surface area contributed by atoms with Crippen molar-refractivity contribution in [1.29, 1.82) is 0 Å². The number of aliphatic hydroxyl groups is 3. The number of methoxy groups -OCH3 is 1. The van der Waals surface area contributed by atoms with E-state index in [0.717, 1.165) is 0 Å². The van der Waals surface area contributed by atoms with Gasteiger partial charge in [-0.05, 0) is 60.5 Å². The van der Waals surface area contributed by atoms with Gasteiger partial charge >= 0.3 is 5.97 Å². The van der Waals surface area contributed by atoms with Gasteiger partial charge in [-0.1, -0.05) is 27.7 Å². The van der Waals surface area contributed by atoms with Crippen LogP contribution in [0.1, 0.15) is 74.7 Å². The molecule has 0 aromatic heterocycles. The molecule has 4 aliphatic rings. The van der Waals surface area contributed by atoms with Crippen LogP contribution in [0.25, 0.3) is 0 Å². The lowest BCUT2D eigenvalue weighted by molar-refractivity contribution is -0.299. The van der Waals surface area contributed by atoms with Crippen LogP contribution in [0.15, 0.2) is 0 Å². The van der Waals surface area contributed by atoms with Crippen LogP contribution in [0.4, 0.5) is 0 Å². The molecule has 0 radical (unpaired) electrons. The number of halogens is 1. The summed E-state index contributed by atoms with van der Waals surface area (Å²) in [7, 11) is 5.32. The highest BCUT2D eigenvalue weighted by atomic mass is 35.5. The molecule has 4 fully saturated rings. The van der Waals surface area contributed by atoms with Crippen LogP contribution in [-0.2, 0) is 42.7 Å². The number of cyclic esters (lactones) is 1. The molecule has 0 amide bonds. The Bertz CT molecular complexity index is 1090. The predicted molar refractivity (Wildman–Crippen MR) is 181 cm³/mol. The van der Waals surface area contributed by atoms with E-state index in [2.05, 4.69) is 0 Å². The second-order valence-electron chi connectivity index (χ2n) is 15.3. The quantitative estimate of drug-likeness (QED) is 0.270. The Morgan fingerprint density at radius 2 is 1.43 bits per heavy atom. The van der Waals surface area contributed by atoms with Crippen molar-refractivity contribution in [3.63, 3.8) is 0 Å². The minimum atomic E-state index is -1.10. The first-order valence-corrected chi connectivity index (χ1v) is 17.7. The van der Waals surface area contributed by atoms with Crippen LogP contribution in [0.3, 0.4) is 0 Å². The lowest BCUT2D eigenvalue weighted by atomic mass is 9.76. The number of carbonyl (C=O) groups excluding carboxylic acids is 2. The molecule has 3 N–H and O–H groups in total. The molecule has 0 aliphatic carbocycles. The summed E-state index contributed by atoms with van der Waals surface area (Å²) in [6.45, 7) is 14.6. The maximum Gasteiger partial charge on any atom is 0.311 e. The SMILES string of the molecule is CO[C@H]1C[C@H](O[C@H]2[C@H](C)[C@@H](O[C@@H]3O[C@H](C)C[C@H](N(C)C)[C@H]3O)[C@@H](C)C[C@]3(CO3)C(=O)[C@H](C)[C@@H](O)[C@@H](C)[C@@H](C)OC(=O)[C@@H]2C)O[C@@H](C)[C@@H]1O.Cl. The van der Waals surface area contributed by atoms with Gasteiger partial charge in [-0.25, -0.2) is 0 Å². The van der Waals surface area contributed by atoms with Crippen molar-refractivity contribution >= 4 is 24.2 Å². The number of aliphatic hydroxyl groups excluding tert-OH is 3. The molecular weight excluding hydrogens is 662 g/mol. The zero-order valence-corrected chi connectivity index (χ0v) is 31.8. The largest absolute Gasteiger partial charge is 0.462 e. The van der Waals surface area contributed by atoms with Crippen molar-refractivity contribution in [2.45, 2.75) is 154 Å². The summed E-state index contributed by atoms with van der Waals surface area (Å²) in [4.78, 5) is 29.7. The summed E-state index contributed by atoms with van der Waals surface area (Å²) >= 11 is 0. The fraction of sp³-hybridized carbons (Fsp3) is 0.943. The number of nitrogens with zero attached hydrogens (tertiary/aromatic N) is 1. The fourth-order valence-electron chi connectivity index (χ4n) is 7.89. The molecule has 1 spiro atoms. The summed E-state index contributed by atoms with van der Waals surface area (Å²) in [5.74, 6) is -3.74. The number of carbonyl (C=O) groups is 2. The minimum Gasteiger partial charge on any atom is -0.462 e. The number of likely N-dealkylation sites (N-methyl/N-ethyl adjacent to an activating group) is 1. The first-order valence-electron chi connectivity index (χ1n) is 17.7. The summed E-state index contributed by atoms with van der Waals surface area (Å²) in [6, 6.07) is -0.219. The lowest BCUT2D eigenvalue weighted by Gasteiger charge is -2.46. The maximum atomic E-state index is 13.9. The summed E-state index contributed by atoms with van der Waals surface area (Å²) in [6.07, 6.45) is -7.15. The molecule has 4 saturated heterocycles. The Morgan fingerprint density at radius 3 is 2.00 bits per heavy atom. The summed E-state index contributed by atoms with van der Waals surface area (Å²) in [5.41, 5.74) is -1.10. The van der Waals surface area contributed by atoms with Gasteiger partial charge in [0.2, 0.25) is 0 Å². The number of rotatable bonds is 6. The van der Waals surface area contributed by atoms with Gasteiger partial charge in [0, 0.05) is 37.3 Å². The zero-order valence-electron chi connectivity index (χ0n) is 31.0. The molecule has 0 aromatic rings. The highest BCUT2D eigenvalue weighted by Crippen LogP contribution is 2.43. The number of hydrogen-bond donors (Lipinski definition) is 3. The highest BCUT2D eigenvalue weighted by Gasteiger charge is 2.57. The molecule has 286 valence electrons. The molecule has 4 rings (SSSR count). The standard InChI is InChI=1S/C35H61NO12.ClH/c1-16-14-35(15-43-35)32(40)19(4)27(37)18(3)22(7)46-33(41)21(6)31(47-26-13-25(42-11)28(38)23(8)45-26)20(5)30(16)48-34-29(39)24(36(9)10)12-17(2)44-34;/h16-31,34,37-39H,12-15H2,1-11H3;1H/t16-,17+,18-,19+,20+,21+,22+,23-,24-,25-,26-,27-,28-,29+,30-,31-,34-,35-;/m0./s1. The zero-order chi connectivity index (χ0) is 35.8. The number of esters is 1. The second kappa shape index (κ2) is 17.2. The van der Waals surface area contributed by atoms with Crippen LogP contribution >= 0.6 is 12.4 Å². The van der Waals surface area contributed by atoms with Gasteiger partial charge in [-0.15, -0.1) is 12.4 Å². The van der Waals surface area contributed by atoms with Crippen molar-refractivity contribution < 1.29 is 58.1 Å². The smallest absolute Gasteiger partial charge is 0.311 e. The van der Waals surface area contributed by atoms with Crippen LogP contribution < -0.4 is 0 Å². The Balaban J connectivity index is 0.00000650. The van der Waals surface area contributed by atoms with E-state index in [-0.39, 0.29) is 55.7 Å². The molecule has 13 nitrogen and oxygen atoms in total. The normalized spacial score (nSPS) is 48.8. The fourth-order valence-corrected chi connectivity index (χ4v) is 7.89. The van der Waals surface area contributed by atoms with Crippen LogP contribution in [0.2, 0.25) is 0 Å². The van der Waals surface area contributed by atoms with Gasteiger partial charge in [0.25, 0.3) is 0 Å². The highest BCUT2D eigenvalue weighted by molar-refractivity contribution is 5.92. The van der Waals surface area contributed by atoms with E-state index in [0.29, 0.717) is 6.42 Å². The van der Waals surface area contributed by atoms with Crippen molar-refractivity contribution in [3.05, 3.63) is 0 Å². The van der Waals surface area contributed by atoms with E-state index >= 15 is 0 Å². The monoisotopic (exact) mass is 723 g/mol. The Morgan fingerprint density at radius 1 is 0.796 bits per heavy atom. The van der Waals surface area contributed by atoms with Gasteiger partial charge in [0.05, 0.1) is 49.1 Å². The molecule has 0 aromatic carbocycles. The van der Waals surface area contributed by atoms with E-state index < -0.39 is 96.7 Å². The van der Waals surface area contributed by atoms with Gasteiger partial charge in [-0.3, -0.25) is 9.59 Å². The molecule has 0 unspecified atom stereocenters. The van der Waals surface area contributed by atoms with Crippen molar-refractivity contribution in [2.75, 3.05) is 27.8 Å². The Kier molecular flexibility index (Phi) is 14.9. The molecule has 18 atom stereocenters. The van der Waals surface area contributed by atoms with Crippen LogP contribution in [0.5, 0.6) is 0 Å². The number of epoxide rings is 1. The summed E-state index contributed by atoms with van der Waals surface area (Å²) < 4.78 is 43.0. The van der Waals surface area contributed by atoms with Gasteiger partial charge in [0.1, 0.15) is 18.3 Å². The number of hydrogen-bond acceptors (Lipinski definition) is 13. The second-order valence-corrected chi connectivity index (χ2v) is 15.3. The van der Waals surface area contributed by atoms with E-state index in [1.807, 2.05) is 39.8 Å². The van der Waals surface area contributed by atoms with Gasteiger partial charge in [0.15, 0.2) is 24.0 Å². The van der Waals surface area contributed by atoms with Crippen molar-refractivity contribution in [3.8, 4) is 0 Å². The van der Waals surface area contributed by atoms with Crippen LogP contribution in [-0.4, -0.2) is 139 Å². The van der Waals surface area contributed by atoms with Gasteiger partial charge < -0.3 is 53.4 Å². The minimum absolute atomic E-state index is 0. The third kappa shape index (κ3) is 9.34. The third-order valence-electron chi connectivity index (χ3n) is 11.4. The maximum absolute atomic E-state index is 13.9. The molecule has 0 saturated carbocycles. The average Bonchev–Trinajstić information content (AvgIpc) is 3.82. The van der Waals surface area contributed by atoms with E-state index in [4.69, 9.17) is 33.2 Å². The molecule has 49 heavy (non-hydrogen) atoms. The molecule has 4 heterocycles. The van der Waals surface area contributed by atoms with Gasteiger partial charge in [-0.2, -0.15) is 0 Å². The number of ketones is 1. The Hall–Kier alpha value is -0.970. The third-order valence-corrected chi connectivity index (χ3v) is 11.4. The predicted octanol–water partition coefficient (Wildman–Crippen LogP) is 2.33. The summed E-state index contributed by atoms with van der Waals surface area (Å²) in [5, 5.41) is 33.3. The lowest BCUT2D eigenvalue weighted by Crippen LogP contribution is -2.57. The number of Topliss-reactive ketones (excluding diaryl/α,β-unsaturated/α-hetero) is 1. The van der Waals surface area contributed by atoms with Crippen molar-refractivity contribution in [1.82, 2.24) is 4.90 Å². The van der Waals surface area contributed by atoms with E-state index in [1.54, 1.807) is 34.6 Å². The Labute approximate surface area is 298 Å². The first-order chi connectivity index (χ1) is 22.4. The molecule has 4 aliphatic heterocycles.